The zero-order valence-electron chi connectivity index (χ0n) is 16.8. The molecule has 1 unspecified atom stereocenters. The lowest BCUT2D eigenvalue weighted by atomic mass is 9.96. The number of pyridine rings is 1. The SMILES string of the molecule is COc1ccc(CCC(=O)N2CCCC(C(=O)Nc3ccc(C)cn3)C2)cc1F. The summed E-state index contributed by atoms with van der Waals surface area (Å²) in [5.41, 5.74) is 1.77. The number of nitrogens with zero attached hydrogens (tertiary/aromatic N) is 2. The first-order valence-corrected chi connectivity index (χ1v) is 9.80. The van der Waals surface area contributed by atoms with E-state index >= 15 is 0 Å². The number of hydrogen-bond donors (Lipinski definition) is 1. The van der Waals surface area contributed by atoms with E-state index < -0.39 is 5.82 Å². The van der Waals surface area contributed by atoms with Crippen molar-refractivity contribution in [3.05, 3.63) is 53.5 Å². The molecule has 1 saturated heterocycles. The predicted octanol–water partition coefficient (Wildman–Crippen LogP) is 3.35. The minimum atomic E-state index is -0.433. The topological polar surface area (TPSA) is 71.5 Å². The molecule has 1 aromatic carbocycles. The van der Waals surface area contributed by atoms with Crippen molar-refractivity contribution in [3.63, 3.8) is 0 Å². The normalized spacial score (nSPS) is 16.4. The van der Waals surface area contributed by atoms with Crippen LogP contribution in [0.1, 0.15) is 30.4 Å². The molecule has 0 saturated carbocycles. The fraction of sp³-hybridized carbons (Fsp3) is 0.409. The summed E-state index contributed by atoms with van der Waals surface area (Å²) in [5.74, 6) is -0.118. The maximum Gasteiger partial charge on any atom is 0.230 e. The number of benzene rings is 1. The van der Waals surface area contributed by atoms with Crippen molar-refractivity contribution >= 4 is 17.6 Å². The number of aromatic nitrogens is 1. The van der Waals surface area contributed by atoms with Gasteiger partial charge in [0.2, 0.25) is 11.8 Å². The largest absolute Gasteiger partial charge is 0.494 e. The Labute approximate surface area is 170 Å². The number of nitrogens with one attached hydrogen (secondary N) is 1. The molecule has 1 fully saturated rings. The molecule has 0 bridgehead atoms. The van der Waals surface area contributed by atoms with Gasteiger partial charge in [0.25, 0.3) is 0 Å². The van der Waals surface area contributed by atoms with Gasteiger partial charge >= 0.3 is 0 Å². The summed E-state index contributed by atoms with van der Waals surface area (Å²) in [7, 11) is 1.42. The highest BCUT2D eigenvalue weighted by Crippen LogP contribution is 2.21. The number of methoxy groups -OCH3 is 1. The van der Waals surface area contributed by atoms with Crippen molar-refractivity contribution in [2.75, 3.05) is 25.5 Å². The Hall–Kier alpha value is -2.96. The Morgan fingerprint density at radius 2 is 2.14 bits per heavy atom. The standard InChI is InChI=1S/C22H26FN3O3/c1-15-5-9-20(24-13-15)25-22(28)17-4-3-11-26(14-17)21(27)10-7-16-6-8-19(29-2)18(23)12-16/h5-6,8-9,12-13,17H,3-4,7,10-11,14H2,1-2H3,(H,24,25,28). The van der Waals surface area contributed by atoms with Gasteiger partial charge in [-0.25, -0.2) is 9.37 Å². The van der Waals surface area contributed by atoms with Gasteiger partial charge in [-0.05, 0) is 55.5 Å². The molecule has 7 heteroatoms. The number of piperidine rings is 1. The van der Waals surface area contributed by atoms with Crippen LogP contribution in [0.25, 0.3) is 0 Å². The molecule has 2 aromatic rings. The summed E-state index contributed by atoms with van der Waals surface area (Å²) < 4.78 is 18.7. The van der Waals surface area contributed by atoms with Crippen LogP contribution in [0.4, 0.5) is 10.2 Å². The summed E-state index contributed by atoms with van der Waals surface area (Å²) in [4.78, 5) is 31.1. The number of ether oxygens (including phenoxy) is 1. The summed E-state index contributed by atoms with van der Waals surface area (Å²) in [6.07, 6.45) is 3.95. The molecule has 29 heavy (non-hydrogen) atoms. The Balaban J connectivity index is 1.52. The molecule has 1 atom stereocenters. The lowest BCUT2D eigenvalue weighted by Gasteiger charge is -2.32. The van der Waals surface area contributed by atoms with Crippen LogP contribution in [0.2, 0.25) is 0 Å². The number of anilines is 1. The second-order valence-corrected chi connectivity index (χ2v) is 7.36. The summed E-state index contributed by atoms with van der Waals surface area (Å²) in [6, 6.07) is 8.38. The number of carbonyl (C=O) groups is 2. The quantitative estimate of drug-likeness (QED) is 0.809. The molecule has 0 aliphatic carbocycles. The van der Waals surface area contributed by atoms with Gasteiger partial charge in [0.1, 0.15) is 5.82 Å². The van der Waals surface area contributed by atoms with Crippen molar-refractivity contribution in [3.8, 4) is 5.75 Å². The van der Waals surface area contributed by atoms with Gasteiger partial charge in [0.05, 0.1) is 13.0 Å². The van der Waals surface area contributed by atoms with Gasteiger partial charge in [-0.2, -0.15) is 0 Å². The van der Waals surface area contributed by atoms with Crippen LogP contribution in [0, 0.1) is 18.7 Å². The average molecular weight is 399 g/mol. The Kier molecular flexibility index (Phi) is 6.80. The van der Waals surface area contributed by atoms with Gasteiger partial charge in [0.15, 0.2) is 11.6 Å². The predicted molar refractivity (Wildman–Crippen MR) is 108 cm³/mol. The molecule has 2 amide bonds. The Morgan fingerprint density at radius 1 is 1.31 bits per heavy atom. The molecule has 3 rings (SSSR count). The van der Waals surface area contributed by atoms with Crippen LogP contribution >= 0.6 is 0 Å². The second-order valence-electron chi connectivity index (χ2n) is 7.36. The van der Waals surface area contributed by atoms with Gasteiger partial charge < -0.3 is 15.0 Å². The monoisotopic (exact) mass is 399 g/mol. The van der Waals surface area contributed by atoms with Crippen LogP contribution in [0.15, 0.2) is 36.5 Å². The van der Waals surface area contributed by atoms with Gasteiger partial charge in [-0.1, -0.05) is 12.1 Å². The van der Waals surface area contributed by atoms with Gasteiger partial charge in [-0.15, -0.1) is 0 Å². The maximum atomic E-state index is 13.8. The third kappa shape index (κ3) is 5.53. The van der Waals surface area contributed by atoms with Crippen LogP contribution in [-0.4, -0.2) is 41.9 Å². The van der Waals surface area contributed by atoms with E-state index in [0.717, 1.165) is 24.0 Å². The van der Waals surface area contributed by atoms with Crippen molar-refractivity contribution in [1.29, 1.82) is 0 Å². The van der Waals surface area contributed by atoms with Crippen LogP contribution in [-0.2, 0) is 16.0 Å². The zero-order valence-corrected chi connectivity index (χ0v) is 16.8. The van der Waals surface area contributed by atoms with E-state index in [0.29, 0.717) is 25.3 Å². The minimum Gasteiger partial charge on any atom is -0.494 e. The summed E-state index contributed by atoms with van der Waals surface area (Å²) in [5, 5.41) is 2.83. The molecule has 1 aromatic heterocycles. The molecule has 1 N–H and O–H groups in total. The molecule has 0 spiro atoms. The molecular formula is C22H26FN3O3. The number of halogens is 1. The molecule has 1 aliphatic heterocycles. The number of likely N-dealkylation sites (tertiary alicyclic amines) is 1. The first kappa shape index (κ1) is 20.8. The molecule has 0 radical (unpaired) electrons. The van der Waals surface area contributed by atoms with Crippen LogP contribution < -0.4 is 10.1 Å². The Bertz CT molecular complexity index is 870. The molecule has 1 aliphatic rings. The average Bonchev–Trinajstić information content (AvgIpc) is 2.73. The number of amides is 2. The highest BCUT2D eigenvalue weighted by molar-refractivity contribution is 5.92. The third-order valence-electron chi connectivity index (χ3n) is 5.15. The van der Waals surface area contributed by atoms with E-state index in [-0.39, 0.29) is 29.9 Å². The van der Waals surface area contributed by atoms with E-state index in [9.17, 15) is 14.0 Å². The van der Waals surface area contributed by atoms with E-state index in [1.54, 1.807) is 29.3 Å². The molecule has 6 nitrogen and oxygen atoms in total. The molecule has 154 valence electrons. The Morgan fingerprint density at radius 3 is 2.83 bits per heavy atom. The van der Waals surface area contributed by atoms with Gasteiger partial charge in [-0.3, -0.25) is 9.59 Å². The fourth-order valence-electron chi connectivity index (χ4n) is 3.46. The van der Waals surface area contributed by atoms with Crippen molar-refractivity contribution in [1.82, 2.24) is 9.88 Å². The smallest absolute Gasteiger partial charge is 0.230 e. The summed E-state index contributed by atoms with van der Waals surface area (Å²) >= 11 is 0. The molecule has 2 heterocycles. The van der Waals surface area contributed by atoms with Gasteiger partial charge in [0, 0.05) is 25.7 Å². The lowest BCUT2D eigenvalue weighted by Crippen LogP contribution is -2.43. The zero-order chi connectivity index (χ0) is 20.8. The van der Waals surface area contributed by atoms with E-state index in [1.165, 1.54) is 13.2 Å². The van der Waals surface area contributed by atoms with Crippen molar-refractivity contribution < 1.29 is 18.7 Å². The third-order valence-corrected chi connectivity index (χ3v) is 5.15. The van der Waals surface area contributed by atoms with Crippen LogP contribution in [0.5, 0.6) is 5.75 Å². The first-order chi connectivity index (χ1) is 14.0. The van der Waals surface area contributed by atoms with E-state index in [4.69, 9.17) is 4.74 Å². The highest BCUT2D eigenvalue weighted by Gasteiger charge is 2.28. The highest BCUT2D eigenvalue weighted by atomic mass is 19.1. The number of carbonyl (C=O) groups excluding carboxylic acids is 2. The van der Waals surface area contributed by atoms with E-state index in [2.05, 4.69) is 10.3 Å². The second kappa shape index (κ2) is 9.49. The lowest BCUT2D eigenvalue weighted by molar-refractivity contribution is -0.134. The van der Waals surface area contributed by atoms with Crippen molar-refractivity contribution in [2.45, 2.75) is 32.6 Å². The maximum absolute atomic E-state index is 13.8. The molecular weight excluding hydrogens is 373 g/mol. The minimum absolute atomic E-state index is 0.0211. The fourth-order valence-corrected chi connectivity index (χ4v) is 3.46. The number of hydrogen-bond acceptors (Lipinski definition) is 4. The van der Waals surface area contributed by atoms with Crippen LogP contribution in [0.3, 0.4) is 0 Å². The van der Waals surface area contributed by atoms with E-state index in [1.807, 2.05) is 13.0 Å². The summed E-state index contributed by atoms with van der Waals surface area (Å²) in [6.45, 7) is 2.97. The first-order valence-electron chi connectivity index (χ1n) is 9.80. The van der Waals surface area contributed by atoms with Crippen molar-refractivity contribution in [2.24, 2.45) is 5.92 Å². The number of aryl methyl sites for hydroxylation is 2. The number of rotatable bonds is 6.